The molecule has 1 aliphatic carbocycles. The Bertz CT molecular complexity index is 645. The minimum absolute atomic E-state index is 0.535. The molecular formula is C20H29N5. The van der Waals surface area contributed by atoms with Gasteiger partial charge in [0, 0.05) is 35.9 Å². The number of rotatable bonds is 5. The van der Waals surface area contributed by atoms with E-state index in [4.69, 9.17) is 0 Å². The van der Waals surface area contributed by atoms with E-state index in [0.29, 0.717) is 6.04 Å². The number of aromatic nitrogens is 3. The minimum Gasteiger partial charge on any atom is -0.351 e. The van der Waals surface area contributed by atoms with Crippen LogP contribution in [0.4, 0.5) is 5.95 Å². The van der Waals surface area contributed by atoms with Crippen molar-refractivity contribution in [1.82, 2.24) is 15.0 Å². The van der Waals surface area contributed by atoms with Crippen molar-refractivity contribution in [3.8, 4) is 0 Å². The largest absolute Gasteiger partial charge is 0.351 e. The quantitative estimate of drug-likeness (QED) is 0.863. The van der Waals surface area contributed by atoms with Gasteiger partial charge in [0.25, 0.3) is 0 Å². The number of pyridine rings is 1. The van der Waals surface area contributed by atoms with E-state index in [-0.39, 0.29) is 0 Å². The Kier molecular flexibility index (Phi) is 8.05. The molecule has 0 aromatic carbocycles. The third kappa shape index (κ3) is 5.94. The lowest BCUT2D eigenvalue weighted by molar-refractivity contribution is 0.461. The molecule has 2 heterocycles. The summed E-state index contributed by atoms with van der Waals surface area (Å²) < 4.78 is 0. The van der Waals surface area contributed by atoms with Crippen molar-refractivity contribution in [1.29, 1.82) is 0 Å². The van der Waals surface area contributed by atoms with Crippen LogP contribution in [0.5, 0.6) is 0 Å². The molecule has 3 rings (SSSR count). The van der Waals surface area contributed by atoms with Gasteiger partial charge in [-0.25, -0.2) is 9.97 Å². The van der Waals surface area contributed by atoms with Gasteiger partial charge in [0.05, 0.1) is 0 Å². The maximum Gasteiger partial charge on any atom is 0.222 e. The maximum atomic E-state index is 4.50. The monoisotopic (exact) mass is 339 g/mol. The first kappa shape index (κ1) is 19.1. The normalized spacial score (nSPS) is 14.8. The highest BCUT2D eigenvalue weighted by Crippen LogP contribution is 2.20. The van der Waals surface area contributed by atoms with Crippen LogP contribution in [0.3, 0.4) is 0 Å². The van der Waals surface area contributed by atoms with E-state index in [1.165, 1.54) is 39.2 Å². The van der Waals surface area contributed by atoms with Gasteiger partial charge in [-0.05, 0) is 37.9 Å². The molecule has 0 unspecified atom stereocenters. The number of aryl methyl sites for hydroxylation is 1. The summed E-state index contributed by atoms with van der Waals surface area (Å²) in [6, 6.07) is 4.59. The molecule has 5 nitrogen and oxygen atoms in total. The molecule has 2 aromatic heterocycles. The second-order valence-electron chi connectivity index (χ2n) is 6.05. The van der Waals surface area contributed by atoms with E-state index in [1.54, 1.807) is 0 Å². The Morgan fingerprint density at radius 3 is 2.48 bits per heavy atom. The molecule has 0 radical (unpaired) electrons. The van der Waals surface area contributed by atoms with E-state index in [0.717, 1.165) is 29.2 Å². The standard InChI is InChI=1S/C19H24N4.CH5N/c1-2-18-16(7-6-12-20-18)11-10-15-13-21-19(22-14-15)23-17-8-4-3-5-9-17;1-2/h6-7,10-14,17H,2-5,8-9H2,1H3,(H,21,22,23);2H2,1H3/b11-10+;. The average Bonchev–Trinajstić information content (AvgIpc) is 2.70. The zero-order valence-corrected chi connectivity index (χ0v) is 15.3. The number of nitrogens with two attached hydrogens (primary N) is 1. The fraction of sp³-hybridized carbons (Fsp3) is 0.450. The molecule has 1 saturated carbocycles. The summed E-state index contributed by atoms with van der Waals surface area (Å²) in [5.74, 6) is 0.740. The third-order valence-corrected chi connectivity index (χ3v) is 4.33. The summed E-state index contributed by atoms with van der Waals surface area (Å²) in [5, 5.41) is 3.44. The average molecular weight is 339 g/mol. The number of nitrogens with zero attached hydrogens (tertiary/aromatic N) is 3. The minimum atomic E-state index is 0.535. The SMILES string of the molecule is CCc1ncccc1/C=C/c1cnc(NC2CCCCC2)nc1.CN. The Balaban J connectivity index is 0.00000109. The lowest BCUT2D eigenvalue weighted by Crippen LogP contribution is -2.23. The molecule has 2 aromatic rings. The smallest absolute Gasteiger partial charge is 0.222 e. The van der Waals surface area contributed by atoms with Gasteiger partial charge >= 0.3 is 0 Å². The summed E-state index contributed by atoms with van der Waals surface area (Å²) in [6.07, 6.45) is 17.1. The van der Waals surface area contributed by atoms with Crippen molar-refractivity contribution < 1.29 is 0 Å². The van der Waals surface area contributed by atoms with Crippen molar-refractivity contribution in [3.63, 3.8) is 0 Å². The molecular weight excluding hydrogens is 310 g/mol. The van der Waals surface area contributed by atoms with Gasteiger partial charge in [-0.3, -0.25) is 4.98 Å². The predicted molar refractivity (Wildman–Crippen MR) is 105 cm³/mol. The Hall–Kier alpha value is -2.27. The first-order valence-electron chi connectivity index (χ1n) is 9.13. The molecule has 0 aliphatic heterocycles. The van der Waals surface area contributed by atoms with Gasteiger partial charge in [-0.2, -0.15) is 0 Å². The van der Waals surface area contributed by atoms with Crippen LogP contribution in [-0.4, -0.2) is 28.0 Å². The first-order valence-corrected chi connectivity index (χ1v) is 9.13. The van der Waals surface area contributed by atoms with Gasteiger partial charge in [0.15, 0.2) is 0 Å². The molecule has 0 bridgehead atoms. The molecule has 0 spiro atoms. The van der Waals surface area contributed by atoms with Crippen molar-refractivity contribution in [2.24, 2.45) is 5.73 Å². The summed E-state index contributed by atoms with van der Waals surface area (Å²) in [7, 11) is 1.50. The third-order valence-electron chi connectivity index (χ3n) is 4.33. The summed E-state index contributed by atoms with van der Waals surface area (Å²) in [6.45, 7) is 2.12. The van der Waals surface area contributed by atoms with Gasteiger partial charge < -0.3 is 11.1 Å². The van der Waals surface area contributed by atoms with E-state index < -0.39 is 0 Å². The molecule has 0 saturated heterocycles. The maximum absolute atomic E-state index is 4.50. The van der Waals surface area contributed by atoms with E-state index in [1.807, 2.05) is 30.7 Å². The van der Waals surface area contributed by atoms with E-state index >= 15 is 0 Å². The fourth-order valence-electron chi connectivity index (χ4n) is 3.01. The van der Waals surface area contributed by atoms with Gasteiger partial charge in [0.2, 0.25) is 5.95 Å². The van der Waals surface area contributed by atoms with E-state index in [9.17, 15) is 0 Å². The summed E-state index contributed by atoms with van der Waals surface area (Å²) >= 11 is 0. The Labute approximate surface area is 150 Å². The van der Waals surface area contributed by atoms with Crippen LogP contribution in [0.2, 0.25) is 0 Å². The second-order valence-corrected chi connectivity index (χ2v) is 6.05. The van der Waals surface area contributed by atoms with Crippen molar-refractivity contribution in [2.75, 3.05) is 12.4 Å². The number of anilines is 1. The fourth-order valence-corrected chi connectivity index (χ4v) is 3.01. The number of hydrogen-bond acceptors (Lipinski definition) is 5. The number of nitrogens with one attached hydrogen (secondary N) is 1. The van der Waals surface area contributed by atoms with Crippen LogP contribution >= 0.6 is 0 Å². The second kappa shape index (κ2) is 10.6. The first-order chi connectivity index (χ1) is 12.3. The zero-order valence-electron chi connectivity index (χ0n) is 15.3. The highest BCUT2D eigenvalue weighted by molar-refractivity contribution is 5.70. The zero-order chi connectivity index (χ0) is 17.9. The molecule has 134 valence electrons. The molecule has 3 N–H and O–H groups in total. The van der Waals surface area contributed by atoms with Crippen LogP contribution in [0.1, 0.15) is 55.8 Å². The van der Waals surface area contributed by atoms with Gasteiger partial charge in [-0.15, -0.1) is 0 Å². The Morgan fingerprint density at radius 1 is 1.08 bits per heavy atom. The molecule has 0 amide bonds. The Morgan fingerprint density at radius 2 is 1.80 bits per heavy atom. The lowest BCUT2D eigenvalue weighted by Gasteiger charge is -2.22. The highest BCUT2D eigenvalue weighted by atomic mass is 15.1. The van der Waals surface area contributed by atoms with Crippen LogP contribution < -0.4 is 11.1 Å². The molecule has 1 fully saturated rings. The highest BCUT2D eigenvalue weighted by Gasteiger charge is 2.13. The summed E-state index contributed by atoms with van der Waals surface area (Å²) in [4.78, 5) is 13.3. The van der Waals surface area contributed by atoms with Crippen LogP contribution in [-0.2, 0) is 6.42 Å². The predicted octanol–water partition coefficient (Wildman–Crippen LogP) is 3.92. The van der Waals surface area contributed by atoms with Gasteiger partial charge in [0.1, 0.15) is 0 Å². The molecule has 0 atom stereocenters. The van der Waals surface area contributed by atoms with Gasteiger partial charge in [-0.1, -0.05) is 44.4 Å². The number of hydrogen-bond donors (Lipinski definition) is 2. The van der Waals surface area contributed by atoms with Crippen LogP contribution in [0, 0.1) is 0 Å². The lowest BCUT2D eigenvalue weighted by atomic mass is 9.96. The summed E-state index contributed by atoms with van der Waals surface area (Å²) in [5.41, 5.74) is 7.77. The van der Waals surface area contributed by atoms with Crippen molar-refractivity contribution in [2.45, 2.75) is 51.5 Å². The molecule has 5 heteroatoms. The molecule has 25 heavy (non-hydrogen) atoms. The van der Waals surface area contributed by atoms with Crippen molar-refractivity contribution in [3.05, 3.63) is 47.5 Å². The molecule has 1 aliphatic rings. The topological polar surface area (TPSA) is 76.7 Å². The van der Waals surface area contributed by atoms with Crippen molar-refractivity contribution >= 4 is 18.1 Å². The van der Waals surface area contributed by atoms with E-state index in [2.05, 4.69) is 45.1 Å². The van der Waals surface area contributed by atoms with Crippen LogP contribution in [0.25, 0.3) is 12.2 Å². The van der Waals surface area contributed by atoms with Crippen LogP contribution in [0.15, 0.2) is 30.7 Å².